The van der Waals surface area contributed by atoms with Crippen LogP contribution in [0.5, 0.6) is 11.5 Å². The predicted octanol–water partition coefficient (Wildman–Crippen LogP) is 12.0. The molecule has 0 spiro atoms. The zero-order valence-electron chi connectivity index (χ0n) is 24.0. The van der Waals surface area contributed by atoms with Gasteiger partial charge in [-0.2, -0.15) is 0 Å². The van der Waals surface area contributed by atoms with Crippen molar-refractivity contribution < 1.29 is 10.2 Å². The highest BCUT2D eigenvalue weighted by atomic mass is 32.1. The number of hydrogen-bond acceptors (Lipinski definition) is 3. The molecule has 0 aliphatic carbocycles. The summed E-state index contributed by atoms with van der Waals surface area (Å²) in [6.07, 6.45) is 0. The van der Waals surface area contributed by atoms with Crippen LogP contribution in [-0.2, 0) is 0 Å². The van der Waals surface area contributed by atoms with Gasteiger partial charge in [-0.1, -0.05) is 115 Å². The number of rotatable bonds is 3. The molecule has 210 valence electrons. The van der Waals surface area contributed by atoms with Gasteiger partial charge in [-0.15, -0.1) is 11.3 Å². The van der Waals surface area contributed by atoms with Crippen LogP contribution in [0.25, 0.3) is 96.6 Å². The van der Waals surface area contributed by atoms with Crippen molar-refractivity contribution in [2.75, 3.05) is 0 Å². The molecule has 0 saturated carbocycles. The van der Waals surface area contributed by atoms with Crippen LogP contribution >= 0.6 is 11.3 Å². The molecule has 3 heteroatoms. The molecule has 1 heterocycles. The molecule has 0 unspecified atom stereocenters. The molecule has 0 radical (unpaired) electrons. The molecule has 0 aliphatic heterocycles. The molecule has 0 fully saturated rings. The lowest BCUT2D eigenvalue weighted by Gasteiger charge is -2.18. The SMILES string of the molecule is Oc1c(O)c2ccc1cc2-c1ccc2ccc3c(-c4ccc(-c5cccc6c5sc5ccccc56)cc4)ccc4ccc1c2c43. The van der Waals surface area contributed by atoms with Crippen LogP contribution in [-0.4, -0.2) is 10.2 Å². The lowest BCUT2D eigenvalue weighted by atomic mass is 9.86. The second-order valence-corrected chi connectivity index (χ2v) is 13.0. The third kappa shape index (κ3) is 3.39. The van der Waals surface area contributed by atoms with Gasteiger partial charge in [-0.05, 0) is 83.9 Å². The maximum absolute atomic E-state index is 10.7. The summed E-state index contributed by atoms with van der Waals surface area (Å²) in [6.45, 7) is 0. The fraction of sp³-hybridized carbons (Fsp3) is 0. The van der Waals surface area contributed by atoms with E-state index in [0.29, 0.717) is 10.8 Å². The van der Waals surface area contributed by atoms with Crippen LogP contribution in [0, 0.1) is 0 Å². The molecule has 2 N–H and O–H groups in total. The van der Waals surface area contributed by atoms with Crippen molar-refractivity contribution in [2.45, 2.75) is 0 Å². The van der Waals surface area contributed by atoms with E-state index >= 15 is 0 Å². The Labute approximate surface area is 262 Å². The second-order valence-electron chi connectivity index (χ2n) is 12.0. The van der Waals surface area contributed by atoms with Gasteiger partial charge in [0, 0.05) is 30.9 Å². The monoisotopic (exact) mass is 592 g/mol. The van der Waals surface area contributed by atoms with Crippen molar-refractivity contribution >= 4 is 74.6 Å². The Hall–Kier alpha value is -5.64. The van der Waals surface area contributed by atoms with Gasteiger partial charge in [0.25, 0.3) is 0 Å². The fourth-order valence-corrected chi connectivity index (χ4v) is 8.71. The summed E-state index contributed by atoms with van der Waals surface area (Å²) in [7, 11) is 0. The molecule has 0 aliphatic rings. The third-order valence-corrected chi connectivity index (χ3v) is 10.9. The molecule has 0 atom stereocenters. The first-order chi connectivity index (χ1) is 22.1. The van der Waals surface area contributed by atoms with Crippen molar-refractivity contribution in [3.63, 3.8) is 0 Å². The highest BCUT2D eigenvalue weighted by molar-refractivity contribution is 7.26. The van der Waals surface area contributed by atoms with Gasteiger partial charge >= 0.3 is 0 Å². The summed E-state index contributed by atoms with van der Waals surface area (Å²) in [5, 5.41) is 32.2. The van der Waals surface area contributed by atoms with Gasteiger partial charge in [0.15, 0.2) is 11.5 Å². The lowest BCUT2D eigenvalue weighted by molar-refractivity contribution is 0.411. The van der Waals surface area contributed by atoms with E-state index in [2.05, 4.69) is 115 Å². The van der Waals surface area contributed by atoms with Crippen LogP contribution in [0.4, 0.5) is 0 Å². The van der Waals surface area contributed by atoms with Crippen molar-refractivity contribution in [1.82, 2.24) is 0 Å². The Bertz CT molecular complexity index is 2770. The zero-order chi connectivity index (χ0) is 29.8. The number of benzene rings is 10. The summed E-state index contributed by atoms with van der Waals surface area (Å²) >= 11 is 1.87. The van der Waals surface area contributed by atoms with Gasteiger partial charge in [0.05, 0.1) is 0 Å². The highest BCUT2D eigenvalue weighted by Gasteiger charge is 2.19. The van der Waals surface area contributed by atoms with Crippen LogP contribution in [0.3, 0.4) is 0 Å². The van der Waals surface area contributed by atoms with Gasteiger partial charge < -0.3 is 10.2 Å². The normalized spacial score (nSPS) is 12.2. The van der Waals surface area contributed by atoms with E-state index in [1.54, 1.807) is 0 Å². The van der Waals surface area contributed by atoms with Crippen LogP contribution in [0.2, 0.25) is 0 Å². The molecule has 0 amide bonds. The number of phenols is 4. The van der Waals surface area contributed by atoms with Crippen molar-refractivity contribution in [3.8, 4) is 44.9 Å². The quantitative estimate of drug-likeness (QED) is 0.158. The summed E-state index contributed by atoms with van der Waals surface area (Å²) in [4.78, 5) is 0. The number of thiophene rings is 1. The average molecular weight is 593 g/mol. The van der Waals surface area contributed by atoms with E-state index in [4.69, 9.17) is 0 Å². The first kappa shape index (κ1) is 24.8. The summed E-state index contributed by atoms with van der Waals surface area (Å²) in [5.74, 6) is -0.102. The smallest absolute Gasteiger partial charge is 0.166 e. The van der Waals surface area contributed by atoms with Crippen molar-refractivity contribution in [2.24, 2.45) is 0 Å². The van der Waals surface area contributed by atoms with Gasteiger partial charge in [-0.25, -0.2) is 0 Å². The van der Waals surface area contributed by atoms with E-state index in [1.165, 1.54) is 69.4 Å². The minimum Gasteiger partial charge on any atom is -0.504 e. The first-order valence-corrected chi connectivity index (χ1v) is 15.9. The van der Waals surface area contributed by atoms with E-state index in [1.807, 2.05) is 29.5 Å². The molecule has 2 nitrogen and oxygen atoms in total. The third-order valence-electron chi connectivity index (χ3n) is 9.64. The van der Waals surface area contributed by atoms with E-state index in [9.17, 15) is 10.2 Å². The maximum Gasteiger partial charge on any atom is 0.166 e. The molecule has 10 aromatic carbocycles. The van der Waals surface area contributed by atoms with Gasteiger partial charge in [0.2, 0.25) is 0 Å². The van der Waals surface area contributed by atoms with Crippen molar-refractivity contribution in [3.05, 3.63) is 133 Å². The molecule has 11 aromatic rings. The van der Waals surface area contributed by atoms with Crippen molar-refractivity contribution in [1.29, 1.82) is 0 Å². The minimum absolute atomic E-state index is 0.0508. The van der Waals surface area contributed by atoms with E-state index in [0.717, 1.165) is 16.5 Å². The van der Waals surface area contributed by atoms with Crippen LogP contribution in [0.15, 0.2) is 133 Å². The molecule has 45 heavy (non-hydrogen) atoms. The topological polar surface area (TPSA) is 40.5 Å². The Morgan fingerprint density at radius 1 is 0.378 bits per heavy atom. The highest BCUT2D eigenvalue weighted by Crippen LogP contribution is 2.48. The van der Waals surface area contributed by atoms with Crippen LogP contribution < -0.4 is 0 Å². The summed E-state index contributed by atoms with van der Waals surface area (Å²) < 4.78 is 2.65. The fourth-order valence-electron chi connectivity index (χ4n) is 7.48. The average Bonchev–Trinajstić information content (AvgIpc) is 3.48. The number of phenolic OH excluding ortho intramolecular Hbond substituents is 2. The maximum atomic E-state index is 10.7. The zero-order valence-corrected chi connectivity index (χ0v) is 24.8. The number of aromatic hydroxyl groups is 2. The predicted molar refractivity (Wildman–Crippen MR) is 191 cm³/mol. The molecular weight excluding hydrogens is 569 g/mol. The Balaban J connectivity index is 1.14. The Morgan fingerprint density at radius 2 is 0.978 bits per heavy atom. The summed E-state index contributed by atoms with van der Waals surface area (Å²) in [6, 6.07) is 47.7. The standard InChI is InChI=1S/C42H24O2S/c43-40-27-16-21-34(41(40)44)36(22-27)30-18-13-26-14-19-32-28(17-12-25-15-20-33(30)39(26)38(25)32)23-8-10-24(11-9-23)29-5-3-6-35-31-4-1-2-7-37(31)45-42(29)35/h1-22,43-44H. The first-order valence-electron chi connectivity index (χ1n) is 15.1. The Morgan fingerprint density at radius 3 is 1.73 bits per heavy atom. The number of hydrogen-bond donors (Lipinski definition) is 2. The molecular formula is C42H24O2S. The number of fused-ring (bicyclic) bond motifs is 6. The second kappa shape index (κ2) is 8.95. The van der Waals surface area contributed by atoms with Gasteiger partial charge in [-0.3, -0.25) is 0 Å². The minimum atomic E-state index is -0.0509. The molecule has 1 aromatic heterocycles. The van der Waals surface area contributed by atoms with E-state index in [-0.39, 0.29) is 11.5 Å². The Kier molecular flexibility index (Phi) is 4.92. The molecule has 2 bridgehead atoms. The van der Waals surface area contributed by atoms with E-state index < -0.39 is 0 Å². The van der Waals surface area contributed by atoms with Crippen LogP contribution in [0.1, 0.15) is 0 Å². The lowest BCUT2D eigenvalue weighted by Crippen LogP contribution is -1.91. The molecule has 11 rings (SSSR count). The summed E-state index contributed by atoms with van der Waals surface area (Å²) in [5.41, 5.74) is 6.89. The van der Waals surface area contributed by atoms with Gasteiger partial charge in [0.1, 0.15) is 0 Å². The molecule has 0 saturated heterocycles. The largest absolute Gasteiger partial charge is 0.504 e.